The molecule has 0 saturated carbocycles. The van der Waals surface area contributed by atoms with Gasteiger partial charge in [0.05, 0.1) is 19.0 Å². The highest BCUT2D eigenvalue weighted by Gasteiger charge is 2.39. The number of anilines is 1. The molecular formula is C14H20N4O4. The number of piperidine rings is 1. The van der Waals surface area contributed by atoms with Crippen LogP contribution in [0.15, 0.2) is 12.3 Å². The van der Waals surface area contributed by atoms with E-state index in [-0.39, 0.29) is 17.4 Å². The van der Waals surface area contributed by atoms with Crippen LogP contribution in [0.4, 0.5) is 5.69 Å². The number of amides is 2. The van der Waals surface area contributed by atoms with Crippen LogP contribution in [0.5, 0.6) is 5.88 Å². The van der Waals surface area contributed by atoms with Gasteiger partial charge in [-0.3, -0.25) is 9.59 Å². The van der Waals surface area contributed by atoms with Gasteiger partial charge in [-0.2, -0.15) is 0 Å². The van der Waals surface area contributed by atoms with Crippen LogP contribution in [-0.2, 0) is 9.53 Å². The Morgan fingerprint density at radius 2 is 2.05 bits per heavy atom. The van der Waals surface area contributed by atoms with Gasteiger partial charge in [-0.25, -0.2) is 4.98 Å². The first-order chi connectivity index (χ1) is 10.5. The molecule has 0 atom stereocenters. The highest BCUT2D eigenvalue weighted by Crippen LogP contribution is 2.25. The van der Waals surface area contributed by atoms with Crippen molar-refractivity contribution in [3.63, 3.8) is 0 Å². The van der Waals surface area contributed by atoms with Crippen LogP contribution in [-0.4, -0.2) is 49.7 Å². The van der Waals surface area contributed by atoms with Crippen LogP contribution in [0, 0.1) is 0 Å². The third-order valence-electron chi connectivity index (χ3n) is 3.78. The average Bonchev–Trinajstić information content (AvgIpc) is 2.55. The number of methoxy groups -OCH3 is 2. The number of carbonyl (C=O) groups is 2. The molecule has 0 bridgehead atoms. The molecule has 2 amide bonds. The summed E-state index contributed by atoms with van der Waals surface area (Å²) in [6.45, 7) is 1.41. The van der Waals surface area contributed by atoms with Gasteiger partial charge in [-0.15, -0.1) is 0 Å². The van der Waals surface area contributed by atoms with Crippen molar-refractivity contribution in [1.29, 1.82) is 0 Å². The molecule has 8 nitrogen and oxygen atoms in total. The molecular weight excluding hydrogens is 288 g/mol. The standard InChI is InChI=1S/C14H20N4O4/c1-21-12-10(11(15)19)7-9(8-17-12)18-13(20)14(22-2)3-5-16-6-4-14/h7-8,16H,3-6H2,1-2H3,(H2,15,19)(H,18,20). The van der Waals surface area contributed by atoms with Gasteiger partial charge in [0.1, 0.15) is 11.2 Å². The number of primary amides is 1. The van der Waals surface area contributed by atoms with Crippen molar-refractivity contribution >= 4 is 17.5 Å². The molecule has 4 N–H and O–H groups in total. The molecule has 2 heterocycles. The third kappa shape index (κ3) is 3.18. The third-order valence-corrected chi connectivity index (χ3v) is 3.78. The van der Waals surface area contributed by atoms with E-state index in [4.69, 9.17) is 15.2 Å². The van der Waals surface area contributed by atoms with Crippen molar-refractivity contribution in [2.45, 2.75) is 18.4 Å². The zero-order valence-corrected chi connectivity index (χ0v) is 12.6. The first kappa shape index (κ1) is 16.2. The van der Waals surface area contributed by atoms with Gasteiger partial charge in [0.15, 0.2) is 0 Å². The van der Waals surface area contributed by atoms with Crippen molar-refractivity contribution in [2.75, 3.05) is 32.6 Å². The monoisotopic (exact) mass is 308 g/mol. The number of nitrogens with zero attached hydrogens (tertiary/aromatic N) is 1. The van der Waals surface area contributed by atoms with E-state index in [1.807, 2.05) is 0 Å². The van der Waals surface area contributed by atoms with Gasteiger partial charge in [-0.1, -0.05) is 0 Å². The Labute approximate surface area is 128 Å². The second-order valence-electron chi connectivity index (χ2n) is 5.05. The summed E-state index contributed by atoms with van der Waals surface area (Å²) < 4.78 is 10.4. The molecule has 0 radical (unpaired) electrons. The maximum absolute atomic E-state index is 12.5. The number of aromatic nitrogens is 1. The Morgan fingerprint density at radius 1 is 1.36 bits per heavy atom. The minimum absolute atomic E-state index is 0.108. The fourth-order valence-corrected chi connectivity index (χ4v) is 2.46. The highest BCUT2D eigenvalue weighted by atomic mass is 16.5. The number of nitrogens with two attached hydrogens (primary N) is 1. The van der Waals surface area contributed by atoms with Crippen LogP contribution < -0.4 is 21.1 Å². The summed E-state index contributed by atoms with van der Waals surface area (Å²) in [5, 5.41) is 5.91. The van der Waals surface area contributed by atoms with Crippen molar-refractivity contribution < 1.29 is 19.1 Å². The summed E-state index contributed by atoms with van der Waals surface area (Å²) in [6.07, 6.45) is 2.55. The van der Waals surface area contributed by atoms with E-state index in [1.54, 1.807) is 0 Å². The Kier molecular flexibility index (Phi) is 4.94. The number of carbonyl (C=O) groups excluding carboxylic acids is 2. The summed E-state index contributed by atoms with van der Waals surface area (Å²) >= 11 is 0. The molecule has 1 aliphatic rings. The second kappa shape index (κ2) is 6.71. The summed E-state index contributed by atoms with van der Waals surface area (Å²) in [6, 6.07) is 1.44. The lowest BCUT2D eigenvalue weighted by Gasteiger charge is -2.34. The number of nitrogens with one attached hydrogen (secondary N) is 2. The molecule has 0 unspecified atom stereocenters. The Hall–Kier alpha value is -2.19. The molecule has 0 spiro atoms. The SMILES string of the molecule is COc1ncc(NC(=O)C2(OC)CCNCC2)cc1C(N)=O. The van der Waals surface area contributed by atoms with Crippen molar-refractivity contribution in [3.8, 4) is 5.88 Å². The number of ether oxygens (including phenoxy) is 2. The van der Waals surface area contributed by atoms with Gasteiger partial charge in [0.25, 0.3) is 11.8 Å². The van der Waals surface area contributed by atoms with Gasteiger partial charge in [0.2, 0.25) is 5.88 Å². The van der Waals surface area contributed by atoms with Gasteiger partial charge in [0, 0.05) is 7.11 Å². The maximum Gasteiger partial charge on any atom is 0.256 e. The molecule has 1 aromatic heterocycles. The maximum atomic E-state index is 12.5. The molecule has 1 fully saturated rings. The lowest BCUT2D eigenvalue weighted by atomic mass is 9.91. The van der Waals surface area contributed by atoms with Crippen LogP contribution in [0.2, 0.25) is 0 Å². The summed E-state index contributed by atoms with van der Waals surface area (Å²) in [4.78, 5) is 27.9. The topological polar surface area (TPSA) is 116 Å². The van der Waals surface area contributed by atoms with Crippen LogP contribution in [0.3, 0.4) is 0 Å². The Balaban J connectivity index is 2.20. The minimum atomic E-state index is -0.877. The van der Waals surface area contributed by atoms with E-state index in [0.29, 0.717) is 31.6 Å². The minimum Gasteiger partial charge on any atom is -0.480 e. The van der Waals surface area contributed by atoms with Gasteiger partial charge < -0.3 is 25.8 Å². The van der Waals surface area contributed by atoms with Gasteiger partial charge in [-0.05, 0) is 32.0 Å². The molecule has 0 aromatic carbocycles. The fourth-order valence-electron chi connectivity index (χ4n) is 2.46. The molecule has 1 saturated heterocycles. The molecule has 8 heteroatoms. The number of hydrogen-bond donors (Lipinski definition) is 3. The number of hydrogen-bond acceptors (Lipinski definition) is 6. The lowest BCUT2D eigenvalue weighted by molar-refractivity contribution is -0.140. The normalized spacial score (nSPS) is 16.8. The largest absolute Gasteiger partial charge is 0.480 e. The van der Waals surface area contributed by atoms with Crippen molar-refractivity contribution in [1.82, 2.24) is 10.3 Å². The van der Waals surface area contributed by atoms with E-state index >= 15 is 0 Å². The average molecular weight is 308 g/mol. The molecule has 1 aliphatic heterocycles. The zero-order valence-electron chi connectivity index (χ0n) is 12.6. The lowest BCUT2D eigenvalue weighted by Crippen LogP contribution is -2.51. The molecule has 22 heavy (non-hydrogen) atoms. The molecule has 1 aromatic rings. The summed E-state index contributed by atoms with van der Waals surface area (Å²) in [5.41, 5.74) is 4.88. The smallest absolute Gasteiger partial charge is 0.256 e. The van der Waals surface area contributed by atoms with Crippen LogP contribution in [0.1, 0.15) is 23.2 Å². The van der Waals surface area contributed by atoms with Crippen LogP contribution in [0.25, 0.3) is 0 Å². The number of pyridine rings is 1. The van der Waals surface area contributed by atoms with Crippen molar-refractivity contribution in [2.24, 2.45) is 5.73 Å². The van der Waals surface area contributed by atoms with E-state index in [2.05, 4.69) is 15.6 Å². The van der Waals surface area contributed by atoms with E-state index in [9.17, 15) is 9.59 Å². The summed E-state index contributed by atoms with van der Waals surface area (Å²) in [7, 11) is 2.91. The number of rotatable bonds is 5. The highest BCUT2D eigenvalue weighted by molar-refractivity contribution is 6.00. The first-order valence-corrected chi connectivity index (χ1v) is 6.93. The second-order valence-corrected chi connectivity index (χ2v) is 5.05. The molecule has 2 rings (SSSR count). The van der Waals surface area contributed by atoms with E-state index in [1.165, 1.54) is 26.5 Å². The van der Waals surface area contributed by atoms with Gasteiger partial charge >= 0.3 is 0 Å². The predicted molar refractivity (Wildman–Crippen MR) is 79.8 cm³/mol. The Morgan fingerprint density at radius 3 is 2.59 bits per heavy atom. The molecule has 120 valence electrons. The summed E-state index contributed by atoms with van der Waals surface area (Å²) in [5.74, 6) is -0.823. The van der Waals surface area contributed by atoms with E-state index < -0.39 is 11.5 Å². The molecule has 0 aliphatic carbocycles. The van der Waals surface area contributed by atoms with Crippen molar-refractivity contribution in [3.05, 3.63) is 17.8 Å². The first-order valence-electron chi connectivity index (χ1n) is 6.93. The zero-order chi connectivity index (χ0) is 16.2. The quantitative estimate of drug-likeness (QED) is 0.699. The Bertz CT molecular complexity index is 570. The predicted octanol–water partition coefficient (Wildman–Crippen LogP) is -0.104. The fraction of sp³-hybridized carbons (Fsp3) is 0.500. The van der Waals surface area contributed by atoms with E-state index in [0.717, 1.165) is 0 Å². The van der Waals surface area contributed by atoms with Crippen LogP contribution >= 0.6 is 0 Å².